The quantitative estimate of drug-likeness (QED) is 0.854. The lowest BCUT2D eigenvalue weighted by atomic mass is 10.0. The molecule has 0 aromatic heterocycles. The molecule has 0 unspecified atom stereocenters. The van der Waals surface area contributed by atoms with Crippen LogP contribution in [0, 0.1) is 6.92 Å². The van der Waals surface area contributed by atoms with E-state index in [0.29, 0.717) is 0 Å². The van der Waals surface area contributed by atoms with E-state index in [2.05, 4.69) is 0 Å². The lowest BCUT2D eigenvalue weighted by Crippen LogP contribution is -2.05. The molecule has 0 amide bonds. The Balaban J connectivity index is 2.44. The van der Waals surface area contributed by atoms with Crippen molar-refractivity contribution in [1.29, 1.82) is 0 Å². The summed E-state index contributed by atoms with van der Waals surface area (Å²) in [5.41, 5.74) is 3.22. The van der Waals surface area contributed by atoms with Gasteiger partial charge in [0.1, 0.15) is 11.3 Å². The largest absolute Gasteiger partial charge is 0.507 e. The number of carbonyl (C=O) groups excluding carboxylic acids is 1. The van der Waals surface area contributed by atoms with E-state index < -0.39 is 5.97 Å². The molecular formula is C16H16O3. The third-order valence-electron chi connectivity index (χ3n) is 2.84. The molecule has 0 fully saturated rings. The first-order valence-electron chi connectivity index (χ1n) is 6.19. The van der Waals surface area contributed by atoms with Crippen LogP contribution < -0.4 is 0 Å². The number of phenolic OH excluding ortho intramolecular Hbond substituents is 1. The first-order chi connectivity index (χ1) is 9.11. The van der Waals surface area contributed by atoms with Crippen molar-refractivity contribution in [2.45, 2.75) is 13.8 Å². The minimum absolute atomic E-state index is 0.0603. The summed E-state index contributed by atoms with van der Waals surface area (Å²) in [6.07, 6.45) is 0. The predicted molar refractivity (Wildman–Crippen MR) is 74.2 cm³/mol. The van der Waals surface area contributed by atoms with Crippen LogP contribution >= 0.6 is 0 Å². The van der Waals surface area contributed by atoms with Gasteiger partial charge in [-0.15, -0.1) is 0 Å². The number of phenols is 1. The number of benzene rings is 2. The minimum Gasteiger partial charge on any atom is -0.507 e. The second kappa shape index (κ2) is 5.57. The van der Waals surface area contributed by atoms with Crippen LogP contribution in [0.15, 0.2) is 42.5 Å². The molecule has 2 aromatic rings. The molecule has 0 spiro atoms. The molecule has 1 N–H and O–H groups in total. The highest BCUT2D eigenvalue weighted by atomic mass is 16.5. The van der Waals surface area contributed by atoms with Gasteiger partial charge in [0, 0.05) is 0 Å². The van der Waals surface area contributed by atoms with Gasteiger partial charge in [0.05, 0.1) is 6.61 Å². The third kappa shape index (κ3) is 2.94. The monoisotopic (exact) mass is 256 g/mol. The van der Waals surface area contributed by atoms with Crippen molar-refractivity contribution in [3.8, 4) is 16.9 Å². The number of rotatable bonds is 3. The molecule has 0 aliphatic carbocycles. The summed E-state index contributed by atoms with van der Waals surface area (Å²) < 4.78 is 4.92. The van der Waals surface area contributed by atoms with Gasteiger partial charge in [-0.1, -0.05) is 35.9 Å². The topological polar surface area (TPSA) is 46.5 Å². The average Bonchev–Trinajstić information content (AvgIpc) is 2.39. The van der Waals surface area contributed by atoms with Crippen LogP contribution in [0.3, 0.4) is 0 Å². The molecular weight excluding hydrogens is 240 g/mol. The number of aromatic hydroxyl groups is 1. The van der Waals surface area contributed by atoms with Crippen molar-refractivity contribution in [3.05, 3.63) is 53.6 Å². The molecule has 3 heteroatoms. The van der Waals surface area contributed by atoms with Crippen LogP contribution in [0.2, 0.25) is 0 Å². The Morgan fingerprint density at radius 3 is 2.58 bits per heavy atom. The van der Waals surface area contributed by atoms with Gasteiger partial charge in [0.2, 0.25) is 0 Å². The summed E-state index contributed by atoms with van der Waals surface area (Å²) in [4.78, 5) is 11.7. The van der Waals surface area contributed by atoms with Gasteiger partial charge in [-0.25, -0.2) is 4.79 Å². The zero-order valence-electron chi connectivity index (χ0n) is 11.0. The predicted octanol–water partition coefficient (Wildman–Crippen LogP) is 3.54. The van der Waals surface area contributed by atoms with Gasteiger partial charge in [0.15, 0.2) is 0 Å². The highest BCUT2D eigenvalue weighted by Gasteiger charge is 2.13. The standard InChI is InChI=1S/C16H16O3/c1-3-19-16(18)14-10-13(7-8-15(14)17)12-6-4-5-11(2)9-12/h4-10,17H,3H2,1-2H3. The van der Waals surface area contributed by atoms with Crippen LogP contribution in [0.1, 0.15) is 22.8 Å². The maximum absolute atomic E-state index is 11.7. The highest BCUT2D eigenvalue weighted by Crippen LogP contribution is 2.27. The van der Waals surface area contributed by atoms with Gasteiger partial charge < -0.3 is 9.84 Å². The van der Waals surface area contributed by atoms with Crippen molar-refractivity contribution < 1.29 is 14.6 Å². The van der Waals surface area contributed by atoms with Crippen molar-refractivity contribution in [2.75, 3.05) is 6.61 Å². The Morgan fingerprint density at radius 2 is 1.89 bits per heavy atom. The molecule has 0 atom stereocenters. The zero-order chi connectivity index (χ0) is 13.8. The first-order valence-corrected chi connectivity index (χ1v) is 6.19. The minimum atomic E-state index is -0.505. The van der Waals surface area contributed by atoms with Gasteiger partial charge in [-0.3, -0.25) is 0 Å². The average molecular weight is 256 g/mol. The molecule has 2 rings (SSSR count). The number of carbonyl (C=O) groups is 1. The van der Waals surface area contributed by atoms with Crippen molar-refractivity contribution in [1.82, 2.24) is 0 Å². The Labute approximate surface area is 112 Å². The smallest absolute Gasteiger partial charge is 0.341 e. The number of aryl methyl sites for hydroxylation is 1. The van der Waals surface area contributed by atoms with E-state index in [0.717, 1.165) is 16.7 Å². The van der Waals surface area contributed by atoms with Crippen LogP contribution in [-0.2, 0) is 4.74 Å². The van der Waals surface area contributed by atoms with E-state index in [1.165, 1.54) is 6.07 Å². The number of hydrogen-bond donors (Lipinski definition) is 1. The van der Waals surface area contributed by atoms with E-state index >= 15 is 0 Å². The second-order valence-electron chi connectivity index (χ2n) is 4.32. The van der Waals surface area contributed by atoms with Gasteiger partial charge in [0.25, 0.3) is 0 Å². The maximum atomic E-state index is 11.7. The first kappa shape index (κ1) is 13.1. The SMILES string of the molecule is CCOC(=O)c1cc(-c2cccc(C)c2)ccc1O. The third-order valence-corrected chi connectivity index (χ3v) is 2.84. The van der Waals surface area contributed by atoms with E-state index in [1.807, 2.05) is 31.2 Å². The fourth-order valence-corrected chi connectivity index (χ4v) is 1.91. The van der Waals surface area contributed by atoms with Crippen LogP contribution in [0.25, 0.3) is 11.1 Å². The summed E-state index contributed by atoms with van der Waals surface area (Å²) in [6, 6.07) is 12.9. The lowest BCUT2D eigenvalue weighted by Gasteiger charge is -2.08. The van der Waals surface area contributed by atoms with Crippen LogP contribution in [-0.4, -0.2) is 17.7 Å². The fraction of sp³-hybridized carbons (Fsp3) is 0.188. The second-order valence-corrected chi connectivity index (χ2v) is 4.32. The molecule has 2 aromatic carbocycles. The van der Waals surface area contributed by atoms with Gasteiger partial charge in [-0.05, 0) is 37.1 Å². The Bertz CT molecular complexity index is 603. The molecule has 0 aliphatic rings. The van der Waals surface area contributed by atoms with Crippen LogP contribution in [0.5, 0.6) is 5.75 Å². The van der Waals surface area contributed by atoms with Crippen molar-refractivity contribution in [2.24, 2.45) is 0 Å². The van der Waals surface area contributed by atoms with E-state index in [4.69, 9.17) is 4.74 Å². The fourth-order valence-electron chi connectivity index (χ4n) is 1.91. The summed E-state index contributed by atoms with van der Waals surface area (Å²) in [5, 5.41) is 9.73. The zero-order valence-corrected chi connectivity index (χ0v) is 11.0. The molecule has 0 heterocycles. The molecule has 0 bridgehead atoms. The molecule has 19 heavy (non-hydrogen) atoms. The summed E-state index contributed by atoms with van der Waals surface area (Å²) >= 11 is 0. The molecule has 0 aliphatic heterocycles. The number of ether oxygens (including phenoxy) is 1. The Kier molecular flexibility index (Phi) is 3.85. The van der Waals surface area contributed by atoms with Gasteiger partial charge >= 0.3 is 5.97 Å². The van der Waals surface area contributed by atoms with E-state index in [1.54, 1.807) is 19.1 Å². The van der Waals surface area contributed by atoms with E-state index in [9.17, 15) is 9.90 Å². The Hall–Kier alpha value is -2.29. The van der Waals surface area contributed by atoms with Crippen molar-refractivity contribution in [3.63, 3.8) is 0 Å². The number of esters is 1. The lowest BCUT2D eigenvalue weighted by molar-refractivity contribution is 0.0523. The normalized spacial score (nSPS) is 10.2. The number of hydrogen-bond acceptors (Lipinski definition) is 3. The van der Waals surface area contributed by atoms with Crippen molar-refractivity contribution >= 4 is 5.97 Å². The molecule has 3 nitrogen and oxygen atoms in total. The highest BCUT2D eigenvalue weighted by molar-refractivity contribution is 5.94. The summed E-state index contributed by atoms with van der Waals surface area (Å²) in [7, 11) is 0. The Morgan fingerprint density at radius 1 is 1.16 bits per heavy atom. The summed E-state index contributed by atoms with van der Waals surface area (Å²) in [5.74, 6) is -0.565. The van der Waals surface area contributed by atoms with E-state index in [-0.39, 0.29) is 17.9 Å². The molecule has 0 saturated carbocycles. The molecule has 0 saturated heterocycles. The van der Waals surface area contributed by atoms with Gasteiger partial charge in [-0.2, -0.15) is 0 Å². The molecule has 98 valence electrons. The summed E-state index contributed by atoms with van der Waals surface area (Å²) in [6.45, 7) is 4.03. The van der Waals surface area contributed by atoms with Crippen LogP contribution in [0.4, 0.5) is 0 Å². The molecule has 0 radical (unpaired) electrons. The maximum Gasteiger partial charge on any atom is 0.341 e.